The third-order valence-corrected chi connectivity index (χ3v) is 4.48. The van der Waals surface area contributed by atoms with Crippen LogP contribution in [0.2, 0.25) is 0 Å². The number of carbonyl (C=O) groups is 1. The van der Waals surface area contributed by atoms with Crippen molar-refractivity contribution in [2.24, 2.45) is 0 Å². The van der Waals surface area contributed by atoms with Crippen LogP contribution in [0.15, 0.2) is 48.8 Å². The van der Waals surface area contributed by atoms with Crippen LogP contribution in [-0.2, 0) is 17.8 Å². The van der Waals surface area contributed by atoms with Crippen molar-refractivity contribution < 1.29 is 9.53 Å². The Hall–Kier alpha value is -2.40. The molecule has 0 N–H and O–H groups in total. The van der Waals surface area contributed by atoms with Crippen LogP contribution in [0.1, 0.15) is 11.1 Å². The summed E-state index contributed by atoms with van der Waals surface area (Å²) >= 11 is 0. The maximum Gasteiger partial charge on any atom is 0.227 e. The molecular weight excluding hydrogens is 302 g/mol. The van der Waals surface area contributed by atoms with Gasteiger partial charge >= 0.3 is 0 Å². The van der Waals surface area contributed by atoms with Gasteiger partial charge in [-0.3, -0.25) is 14.7 Å². The second-order valence-corrected chi connectivity index (χ2v) is 6.26. The van der Waals surface area contributed by atoms with Gasteiger partial charge in [0.15, 0.2) is 0 Å². The molecule has 1 aliphatic rings. The molecule has 0 saturated carbocycles. The molecule has 2 heterocycles. The van der Waals surface area contributed by atoms with Gasteiger partial charge in [0.1, 0.15) is 5.75 Å². The highest BCUT2D eigenvalue weighted by atomic mass is 16.5. The number of rotatable bonds is 6. The molecule has 1 aliphatic heterocycles. The number of amides is 1. The van der Waals surface area contributed by atoms with Crippen LogP contribution in [0.4, 0.5) is 0 Å². The van der Waals surface area contributed by atoms with Crippen LogP contribution >= 0.6 is 0 Å². The fraction of sp³-hybridized carbons (Fsp3) is 0.368. The van der Waals surface area contributed by atoms with E-state index in [1.54, 1.807) is 13.3 Å². The number of hydrogen-bond acceptors (Lipinski definition) is 4. The lowest BCUT2D eigenvalue weighted by atomic mass is 10.0. The first-order chi connectivity index (χ1) is 11.7. The van der Waals surface area contributed by atoms with Crippen molar-refractivity contribution in [3.8, 4) is 5.75 Å². The van der Waals surface area contributed by atoms with Gasteiger partial charge in [0.05, 0.1) is 13.5 Å². The SMILES string of the molecule is COc1cccc(CC(=O)N2CC(N(C)Cc3cccnc3)C2)c1. The summed E-state index contributed by atoms with van der Waals surface area (Å²) in [5, 5.41) is 0. The number of ether oxygens (including phenoxy) is 1. The Morgan fingerprint density at radius 2 is 2.08 bits per heavy atom. The van der Waals surface area contributed by atoms with E-state index >= 15 is 0 Å². The Bertz CT molecular complexity index is 684. The van der Waals surface area contributed by atoms with Gasteiger partial charge in [0, 0.05) is 38.1 Å². The number of likely N-dealkylation sites (N-methyl/N-ethyl adjacent to an activating group) is 1. The quantitative estimate of drug-likeness (QED) is 0.815. The molecule has 0 bridgehead atoms. The third kappa shape index (κ3) is 3.92. The lowest BCUT2D eigenvalue weighted by Crippen LogP contribution is -2.60. The van der Waals surface area contributed by atoms with Gasteiger partial charge in [-0.15, -0.1) is 0 Å². The summed E-state index contributed by atoms with van der Waals surface area (Å²) in [4.78, 5) is 20.7. The van der Waals surface area contributed by atoms with Crippen molar-refractivity contribution in [3.63, 3.8) is 0 Å². The number of likely N-dealkylation sites (tertiary alicyclic amines) is 1. The summed E-state index contributed by atoms with van der Waals surface area (Å²) in [6.45, 7) is 2.44. The molecule has 1 aromatic heterocycles. The first kappa shape index (κ1) is 16.5. The van der Waals surface area contributed by atoms with E-state index in [9.17, 15) is 4.79 Å². The van der Waals surface area contributed by atoms with Crippen LogP contribution in [0.3, 0.4) is 0 Å². The highest BCUT2D eigenvalue weighted by Gasteiger charge is 2.33. The summed E-state index contributed by atoms with van der Waals surface area (Å²) in [7, 11) is 3.74. The molecule has 0 spiro atoms. The second-order valence-electron chi connectivity index (χ2n) is 6.26. The van der Waals surface area contributed by atoms with E-state index in [-0.39, 0.29) is 5.91 Å². The van der Waals surface area contributed by atoms with Gasteiger partial charge in [-0.1, -0.05) is 18.2 Å². The Kier molecular flexibility index (Phi) is 5.11. The van der Waals surface area contributed by atoms with E-state index in [4.69, 9.17) is 4.74 Å². The topological polar surface area (TPSA) is 45.7 Å². The molecule has 3 rings (SSSR count). The van der Waals surface area contributed by atoms with Crippen LogP contribution in [0.5, 0.6) is 5.75 Å². The van der Waals surface area contributed by atoms with Gasteiger partial charge in [-0.25, -0.2) is 0 Å². The molecule has 1 fully saturated rings. The van der Waals surface area contributed by atoms with Gasteiger partial charge in [0.25, 0.3) is 0 Å². The summed E-state index contributed by atoms with van der Waals surface area (Å²) in [6, 6.07) is 12.1. The molecule has 126 valence electrons. The Labute approximate surface area is 142 Å². The van der Waals surface area contributed by atoms with Crippen molar-refractivity contribution in [1.82, 2.24) is 14.8 Å². The zero-order valence-corrected chi connectivity index (χ0v) is 14.2. The lowest BCUT2D eigenvalue weighted by molar-refractivity contribution is -0.137. The average Bonchev–Trinajstić information content (AvgIpc) is 2.54. The van der Waals surface area contributed by atoms with Crippen LogP contribution in [-0.4, -0.2) is 54.0 Å². The largest absolute Gasteiger partial charge is 0.497 e. The van der Waals surface area contributed by atoms with E-state index < -0.39 is 0 Å². The monoisotopic (exact) mass is 325 g/mol. The summed E-state index contributed by atoms with van der Waals surface area (Å²) < 4.78 is 5.21. The number of aromatic nitrogens is 1. The molecule has 24 heavy (non-hydrogen) atoms. The molecule has 0 radical (unpaired) electrons. The zero-order valence-electron chi connectivity index (χ0n) is 14.2. The molecule has 1 aromatic carbocycles. The summed E-state index contributed by atoms with van der Waals surface area (Å²) in [5.74, 6) is 0.965. The Balaban J connectivity index is 1.48. The highest BCUT2D eigenvalue weighted by molar-refractivity contribution is 5.79. The van der Waals surface area contributed by atoms with Gasteiger partial charge < -0.3 is 9.64 Å². The lowest BCUT2D eigenvalue weighted by Gasteiger charge is -2.44. The van der Waals surface area contributed by atoms with Crippen LogP contribution in [0.25, 0.3) is 0 Å². The molecule has 5 nitrogen and oxygen atoms in total. The number of carbonyl (C=O) groups excluding carboxylic acids is 1. The zero-order chi connectivity index (χ0) is 16.9. The van der Waals surface area contributed by atoms with E-state index in [0.717, 1.165) is 30.9 Å². The van der Waals surface area contributed by atoms with Gasteiger partial charge in [-0.05, 0) is 36.4 Å². The summed E-state index contributed by atoms with van der Waals surface area (Å²) in [6.07, 6.45) is 4.10. The number of methoxy groups -OCH3 is 1. The smallest absolute Gasteiger partial charge is 0.227 e. The maximum atomic E-state index is 12.4. The predicted octanol–water partition coefficient (Wildman–Crippen LogP) is 1.98. The van der Waals surface area contributed by atoms with E-state index in [0.29, 0.717) is 12.5 Å². The standard InChI is InChI=1S/C19H23N3O2/c1-21(12-16-6-4-8-20-11-16)17-13-22(14-17)19(23)10-15-5-3-7-18(9-15)24-2/h3-9,11,17H,10,12-14H2,1-2H3. The molecule has 1 saturated heterocycles. The molecule has 1 amide bonds. The average molecular weight is 325 g/mol. The first-order valence-electron chi connectivity index (χ1n) is 8.15. The van der Waals surface area contributed by atoms with Crippen molar-refractivity contribution in [2.75, 3.05) is 27.2 Å². The van der Waals surface area contributed by atoms with E-state index in [1.807, 2.05) is 41.4 Å². The number of pyridine rings is 1. The van der Waals surface area contributed by atoms with Crippen LogP contribution < -0.4 is 4.74 Å². The first-order valence-corrected chi connectivity index (χ1v) is 8.15. The van der Waals surface area contributed by atoms with Crippen molar-refractivity contribution in [2.45, 2.75) is 19.0 Å². The van der Waals surface area contributed by atoms with Gasteiger partial charge in [0.2, 0.25) is 5.91 Å². The molecular formula is C19H23N3O2. The number of nitrogens with zero attached hydrogens (tertiary/aromatic N) is 3. The van der Waals surface area contributed by atoms with Crippen LogP contribution in [0, 0.1) is 0 Å². The number of benzene rings is 1. The predicted molar refractivity (Wildman–Crippen MR) is 92.8 cm³/mol. The van der Waals surface area contributed by atoms with Crippen molar-refractivity contribution in [3.05, 3.63) is 59.9 Å². The summed E-state index contributed by atoms with van der Waals surface area (Å²) in [5.41, 5.74) is 2.19. The minimum absolute atomic E-state index is 0.175. The van der Waals surface area contributed by atoms with Gasteiger partial charge in [-0.2, -0.15) is 0 Å². The Morgan fingerprint density at radius 3 is 2.79 bits per heavy atom. The van der Waals surface area contributed by atoms with Crippen molar-refractivity contribution >= 4 is 5.91 Å². The third-order valence-electron chi connectivity index (χ3n) is 4.48. The molecule has 0 unspecified atom stereocenters. The number of hydrogen-bond donors (Lipinski definition) is 0. The van der Waals surface area contributed by atoms with E-state index in [2.05, 4.69) is 23.0 Å². The minimum Gasteiger partial charge on any atom is -0.497 e. The molecule has 5 heteroatoms. The normalized spacial score (nSPS) is 14.5. The fourth-order valence-corrected chi connectivity index (χ4v) is 2.92. The Morgan fingerprint density at radius 1 is 1.29 bits per heavy atom. The highest BCUT2D eigenvalue weighted by Crippen LogP contribution is 2.19. The van der Waals surface area contributed by atoms with E-state index in [1.165, 1.54) is 5.56 Å². The fourth-order valence-electron chi connectivity index (χ4n) is 2.92. The molecule has 0 aliphatic carbocycles. The molecule has 2 aromatic rings. The minimum atomic E-state index is 0.175. The molecule has 0 atom stereocenters. The second kappa shape index (κ2) is 7.45. The maximum absolute atomic E-state index is 12.4. The van der Waals surface area contributed by atoms with Crippen molar-refractivity contribution in [1.29, 1.82) is 0 Å².